The summed E-state index contributed by atoms with van der Waals surface area (Å²) in [6.07, 6.45) is 0. The summed E-state index contributed by atoms with van der Waals surface area (Å²) in [6.45, 7) is 2.07. The molecule has 1 heterocycles. The van der Waals surface area contributed by atoms with Crippen molar-refractivity contribution in [1.82, 2.24) is 0 Å². The second kappa shape index (κ2) is 5.10. The summed E-state index contributed by atoms with van der Waals surface area (Å²) in [6, 6.07) is 17.9. The third-order valence-corrected chi connectivity index (χ3v) is 4.74. The van der Waals surface area contributed by atoms with Crippen molar-refractivity contribution in [1.29, 1.82) is 0 Å². The van der Waals surface area contributed by atoms with E-state index in [4.69, 9.17) is 0 Å². The molecule has 2 aromatic carbocycles. The van der Waals surface area contributed by atoms with E-state index in [0.717, 1.165) is 21.2 Å². The predicted molar refractivity (Wildman–Crippen MR) is 82.7 cm³/mol. The molecule has 3 rings (SSSR count). The van der Waals surface area contributed by atoms with Crippen LogP contribution in [0.4, 0.5) is 0 Å². The number of carboxylic acid groups (broad SMARTS) is 1. The molecule has 0 spiro atoms. The van der Waals surface area contributed by atoms with Gasteiger partial charge in [-0.15, -0.1) is 11.3 Å². The van der Waals surface area contributed by atoms with E-state index >= 15 is 0 Å². The van der Waals surface area contributed by atoms with Gasteiger partial charge in [-0.1, -0.05) is 55.5 Å². The Bertz CT molecular complexity index is 759. The zero-order valence-corrected chi connectivity index (χ0v) is 11.9. The number of thiophene rings is 1. The van der Waals surface area contributed by atoms with Gasteiger partial charge in [-0.25, -0.2) is 4.79 Å². The van der Waals surface area contributed by atoms with Crippen molar-refractivity contribution in [2.45, 2.75) is 12.8 Å². The molecule has 0 fully saturated rings. The van der Waals surface area contributed by atoms with Crippen LogP contribution in [0.15, 0.2) is 54.6 Å². The maximum absolute atomic E-state index is 11.5. The highest BCUT2D eigenvalue weighted by Crippen LogP contribution is 2.38. The van der Waals surface area contributed by atoms with E-state index in [1.165, 1.54) is 11.3 Å². The van der Waals surface area contributed by atoms with Crippen LogP contribution in [-0.4, -0.2) is 11.1 Å². The van der Waals surface area contributed by atoms with Crippen LogP contribution >= 0.6 is 11.3 Å². The Hall–Kier alpha value is -2.13. The first-order valence-electron chi connectivity index (χ1n) is 6.48. The molecule has 0 amide bonds. The second-order valence-corrected chi connectivity index (χ2v) is 5.83. The van der Waals surface area contributed by atoms with E-state index in [9.17, 15) is 9.90 Å². The van der Waals surface area contributed by atoms with Gasteiger partial charge in [-0.05, 0) is 22.6 Å². The van der Waals surface area contributed by atoms with Crippen molar-refractivity contribution < 1.29 is 9.90 Å². The van der Waals surface area contributed by atoms with Gasteiger partial charge in [0.05, 0.1) is 0 Å². The van der Waals surface area contributed by atoms with Crippen LogP contribution in [0, 0.1) is 0 Å². The molecule has 1 aromatic heterocycles. The molecule has 0 radical (unpaired) electrons. The molecule has 3 aromatic rings. The number of aromatic carboxylic acids is 1. The van der Waals surface area contributed by atoms with Crippen molar-refractivity contribution in [2.24, 2.45) is 0 Å². The van der Waals surface area contributed by atoms with E-state index in [2.05, 4.69) is 6.92 Å². The van der Waals surface area contributed by atoms with Crippen LogP contribution in [-0.2, 0) is 0 Å². The Morgan fingerprint density at radius 2 is 1.70 bits per heavy atom. The zero-order chi connectivity index (χ0) is 14.1. The first-order chi connectivity index (χ1) is 9.68. The molecule has 2 nitrogen and oxygen atoms in total. The molecular formula is C17H14O2S. The minimum absolute atomic E-state index is 0.0680. The summed E-state index contributed by atoms with van der Waals surface area (Å²) in [4.78, 5) is 12.0. The first kappa shape index (κ1) is 12.9. The minimum Gasteiger partial charge on any atom is -0.477 e. The highest BCUT2D eigenvalue weighted by Gasteiger charge is 2.22. The van der Waals surface area contributed by atoms with Gasteiger partial charge in [-0.2, -0.15) is 0 Å². The molecule has 0 aliphatic rings. The average molecular weight is 282 g/mol. The molecule has 3 heteroatoms. The fourth-order valence-electron chi connectivity index (χ4n) is 2.56. The van der Waals surface area contributed by atoms with Gasteiger partial charge in [0.1, 0.15) is 4.88 Å². The van der Waals surface area contributed by atoms with Crippen molar-refractivity contribution >= 4 is 27.4 Å². The summed E-state index contributed by atoms with van der Waals surface area (Å²) in [5, 5.41) is 10.5. The molecule has 1 N–H and O–H groups in total. The lowest BCUT2D eigenvalue weighted by atomic mass is 9.91. The lowest BCUT2D eigenvalue weighted by Gasteiger charge is -2.12. The average Bonchev–Trinajstić information content (AvgIpc) is 2.87. The molecule has 0 aliphatic heterocycles. The maximum atomic E-state index is 11.5. The molecule has 1 atom stereocenters. The standard InChI is InChI=1S/C17H14O2S/c1-11(12-7-3-2-4-8-12)15-13-9-5-6-10-14(13)20-16(15)17(18)19/h2-11H,1H3,(H,18,19). The van der Waals surface area contributed by atoms with Crippen molar-refractivity contribution in [3.63, 3.8) is 0 Å². The van der Waals surface area contributed by atoms with Crippen LogP contribution in [0.1, 0.15) is 33.6 Å². The Labute approximate surface area is 121 Å². The Morgan fingerprint density at radius 3 is 2.40 bits per heavy atom. The summed E-state index contributed by atoms with van der Waals surface area (Å²) >= 11 is 1.36. The quantitative estimate of drug-likeness (QED) is 0.752. The molecule has 0 saturated heterocycles. The summed E-state index contributed by atoms with van der Waals surface area (Å²) in [5.74, 6) is -0.776. The molecular weight excluding hydrogens is 268 g/mol. The van der Waals surface area contributed by atoms with Crippen LogP contribution in [0.2, 0.25) is 0 Å². The molecule has 0 saturated carbocycles. The number of benzene rings is 2. The zero-order valence-electron chi connectivity index (χ0n) is 11.0. The molecule has 20 heavy (non-hydrogen) atoms. The van der Waals surface area contributed by atoms with Crippen molar-refractivity contribution in [2.75, 3.05) is 0 Å². The fraction of sp³-hybridized carbons (Fsp3) is 0.118. The smallest absolute Gasteiger partial charge is 0.346 e. The number of rotatable bonds is 3. The van der Waals surface area contributed by atoms with Gasteiger partial charge in [0, 0.05) is 10.6 Å². The fourth-order valence-corrected chi connectivity index (χ4v) is 3.70. The third-order valence-electron chi connectivity index (χ3n) is 3.56. The largest absolute Gasteiger partial charge is 0.477 e. The van der Waals surface area contributed by atoms with Crippen molar-refractivity contribution in [3.05, 3.63) is 70.6 Å². The number of hydrogen-bond donors (Lipinski definition) is 1. The number of carbonyl (C=O) groups is 1. The summed E-state index contributed by atoms with van der Waals surface area (Å²) in [7, 11) is 0. The summed E-state index contributed by atoms with van der Waals surface area (Å²) < 4.78 is 1.03. The Balaban J connectivity index is 2.24. The van der Waals surface area contributed by atoms with Gasteiger partial charge in [0.15, 0.2) is 0 Å². The van der Waals surface area contributed by atoms with E-state index < -0.39 is 5.97 Å². The van der Waals surface area contributed by atoms with E-state index in [-0.39, 0.29) is 5.92 Å². The lowest BCUT2D eigenvalue weighted by Crippen LogP contribution is -2.03. The maximum Gasteiger partial charge on any atom is 0.346 e. The van der Waals surface area contributed by atoms with Crippen LogP contribution in [0.3, 0.4) is 0 Å². The molecule has 1 unspecified atom stereocenters. The van der Waals surface area contributed by atoms with Crippen molar-refractivity contribution in [3.8, 4) is 0 Å². The van der Waals surface area contributed by atoms with Gasteiger partial charge < -0.3 is 5.11 Å². The molecule has 100 valence electrons. The third kappa shape index (κ3) is 2.10. The van der Waals surface area contributed by atoms with Gasteiger partial charge in [-0.3, -0.25) is 0 Å². The number of fused-ring (bicyclic) bond motifs is 1. The predicted octanol–water partition coefficient (Wildman–Crippen LogP) is 4.75. The Morgan fingerprint density at radius 1 is 1.05 bits per heavy atom. The van der Waals surface area contributed by atoms with Crippen LogP contribution in [0.25, 0.3) is 10.1 Å². The number of hydrogen-bond acceptors (Lipinski definition) is 2. The lowest BCUT2D eigenvalue weighted by molar-refractivity contribution is 0.0701. The SMILES string of the molecule is CC(c1ccccc1)c1c(C(=O)O)sc2ccccc12. The number of carboxylic acids is 1. The summed E-state index contributed by atoms with van der Waals surface area (Å²) in [5.41, 5.74) is 2.06. The van der Waals surface area contributed by atoms with E-state index in [0.29, 0.717) is 4.88 Å². The van der Waals surface area contributed by atoms with Gasteiger partial charge >= 0.3 is 5.97 Å². The van der Waals surface area contributed by atoms with Crippen LogP contribution in [0.5, 0.6) is 0 Å². The topological polar surface area (TPSA) is 37.3 Å². The highest BCUT2D eigenvalue weighted by atomic mass is 32.1. The normalized spacial score (nSPS) is 12.4. The second-order valence-electron chi connectivity index (χ2n) is 4.78. The van der Waals surface area contributed by atoms with Gasteiger partial charge in [0.2, 0.25) is 0 Å². The monoisotopic (exact) mass is 282 g/mol. The first-order valence-corrected chi connectivity index (χ1v) is 7.30. The Kier molecular flexibility index (Phi) is 3.28. The minimum atomic E-state index is -0.844. The molecule has 0 bridgehead atoms. The highest BCUT2D eigenvalue weighted by molar-refractivity contribution is 7.21. The van der Waals surface area contributed by atoms with Crippen LogP contribution < -0.4 is 0 Å². The van der Waals surface area contributed by atoms with E-state index in [1.54, 1.807) is 0 Å². The molecule has 0 aliphatic carbocycles. The van der Waals surface area contributed by atoms with Gasteiger partial charge in [0.25, 0.3) is 0 Å². The van der Waals surface area contributed by atoms with E-state index in [1.807, 2.05) is 54.6 Å².